The van der Waals surface area contributed by atoms with Crippen LogP contribution in [0.25, 0.3) is 0 Å². The fourth-order valence-corrected chi connectivity index (χ4v) is 1.44. The van der Waals surface area contributed by atoms with Crippen LogP contribution in [0.2, 0.25) is 5.15 Å². The highest BCUT2D eigenvalue weighted by Gasteiger charge is 2.07. The van der Waals surface area contributed by atoms with Gasteiger partial charge in [-0.2, -0.15) is 0 Å². The Balaban J connectivity index is 2.48. The molecule has 1 aromatic rings. The van der Waals surface area contributed by atoms with Crippen molar-refractivity contribution in [3.05, 3.63) is 16.0 Å². The van der Waals surface area contributed by atoms with Crippen LogP contribution in [-0.4, -0.2) is 29.0 Å². The largest absolute Gasteiger partial charge is 0.360 e. The Kier molecular flexibility index (Phi) is 5.48. The first kappa shape index (κ1) is 13.2. The number of aromatic nitrogens is 2. The van der Waals surface area contributed by atoms with E-state index in [0.29, 0.717) is 22.0 Å². The first-order valence-electron chi connectivity index (χ1n) is 4.81. The predicted molar refractivity (Wildman–Crippen MR) is 66.5 cm³/mol. The van der Waals surface area contributed by atoms with E-state index < -0.39 is 0 Å². The van der Waals surface area contributed by atoms with Gasteiger partial charge in [-0.15, -0.1) is 0 Å². The Hall–Kier alpha value is -0.880. The van der Waals surface area contributed by atoms with Gasteiger partial charge in [-0.3, -0.25) is 4.79 Å². The first-order valence-corrected chi connectivity index (χ1v) is 5.98. The molecule has 1 aromatic heterocycles. The van der Waals surface area contributed by atoms with E-state index >= 15 is 0 Å². The Labute approximate surface area is 107 Å². The predicted octanol–water partition coefficient (Wildman–Crippen LogP) is 1.83. The molecule has 0 bridgehead atoms. The van der Waals surface area contributed by atoms with Gasteiger partial charge in [-0.25, -0.2) is 9.97 Å². The van der Waals surface area contributed by atoms with E-state index in [1.54, 1.807) is 0 Å². The second kappa shape index (κ2) is 6.65. The molecule has 0 saturated heterocycles. The quantitative estimate of drug-likeness (QED) is 0.815. The smallest absolute Gasteiger partial charge is 0.239 e. The van der Waals surface area contributed by atoms with Crippen molar-refractivity contribution < 1.29 is 4.79 Å². The number of anilines is 1. The summed E-state index contributed by atoms with van der Waals surface area (Å²) in [7, 11) is 0. The van der Waals surface area contributed by atoms with Crippen LogP contribution in [0.5, 0.6) is 0 Å². The van der Waals surface area contributed by atoms with Gasteiger partial charge in [-0.1, -0.05) is 18.5 Å². The average molecular weight is 308 g/mol. The zero-order chi connectivity index (χ0) is 12.0. The lowest BCUT2D eigenvalue weighted by molar-refractivity contribution is -0.119. The van der Waals surface area contributed by atoms with Crippen molar-refractivity contribution in [2.75, 3.05) is 18.4 Å². The normalized spacial score (nSPS) is 9.94. The summed E-state index contributed by atoms with van der Waals surface area (Å²) in [5.74, 6) is 0.426. The third kappa shape index (κ3) is 3.94. The van der Waals surface area contributed by atoms with Crippen LogP contribution in [0, 0.1) is 0 Å². The second-order valence-electron chi connectivity index (χ2n) is 3.03. The minimum Gasteiger partial charge on any atom is -0.360 e. The molecular weight excluding hydrogens is 295 g/mol. The molecule has 7 heteroatoms. The van der Waals surface area contributed by atoms with E-state index in [-0.39, 0.29) is 12.5 Å². The van der Waals surface area contributed by atoms with E-state index in [0.717, 1.165) is 6.42 Å². The summed E-state index contributed by atoms with van der Waals surface area (Å²) in [5.41, 5.74) is 0. The molecule has 0 spiro atoms. The summed E-state index contributed by atoms with van der Waals surface area (Å²) >= 11 is 9.01. The van der Waals surface area contributed by atoms with Crippen molar-refractivity contribution in [2.24, 2.45) is 0 Å². The highest BCUT2D eigenvalue weighted by Crippen LogP contribution is 2.25. The van der Waals surface area contributed by atoms with Crippen LogP contribution < -0.4 is 10.6 Å². The molecule has 5 nitrogen and oxygen atoms in total. The van der Waals surface area contributed by atoms with Gasteiger partial charge in [0.1, 0.15) is 17.3 Å². The number of amides is 1. The van der Waals surface area contributed by atoms with Gasteiger partial charge < -0.3 is 10.6 Å². The number of nitrogens with zero attached hydrogens (tertiary/aromatic N) is 2. The molecule has 0 aromatic carbocycles. The molecule has 2 N–H and O–H groups in total. The SMILES string of the molecule is CCCNC(=O)CNc1ncnc(Cl)c1Br. The van der Waals surface area contributed by atoms with Crippen LogP contribution in [0.4, 0.5) is 5.82 Å². The molecule has 0 aliphatic rings. The molecule has 0 unspecified atom stereocenters. The highest BCUT2D eigenvalue weighted by atomic mass is 79.9. The summed E-state index contributed by atoms with van der Waals surface area (Å²) in [4.78, 5) is 19.0. The fourth-order valence-electron chi connectivity index (χ4n) is 0.963. The van der Waals surface area contributed by atoms with Crippen molar-refractivity contribution in [3.63, 3.8) is 0 Å². The second-order valence-corrected chi connectivity index (χ2v) is 4.18. The third-order valence-electron chi connectivity index (χ3n) is 1.74. The molecule has 0 saturated carbocycles. The van der Waals surface area contributed by atoms with Crippen molar-refractivity contribution >= 4 is 39.3 Å². The summed E-state index contributed by atoms with van der Waals surface area (Å²) in [5, 5.41) is 5.92. The summed E-state index contributed by atoms with van der Waals surface area (Å²) < 4.78 is 0.556. The molecule has 16 heavy (non-hydrogen) atoms. The van der Waals surface area contributed by atoms with Gasteiger partial charge in [0, 0.05) is 6.54 Å². The molecule has 1 rings (SSSR count). The van der Waals surface area contributed by atoms with Gasteiger partial charge in [0.25, 0.3) is 0 Å². The molecule has 88 valence electrons. The van der Waals surface area contributed by atoms with Gasteiger partial charge in [-0.05, 0) is 22.4 Å². The van der Waals surface area contributed by atoms with Crippen LogP contribution in [0.3, 0.4) is 0 Å². The Morgan fingerprint density at radius 2 is 2.31 bits per heavy atom. The van der Waals surface area contributed by atoms with Crippen LogP contribution in [0.15, 0.2) is 10.8 Å². The van der Waals surface area contributed by atoms with Gasteiger partial charge in [0.05, 0.1) is 11.0 Å². The number of nitrogens with one attached hydrogen (secondary N) is 2. The van der Waals surface area contributed by atoms with E-state index in [2.05, 4.69) is 36.5 Å². The van der Waals surface area contributed by atoms with Crippen molar-refractivity contribution in [1.82, 2.24) is 15.3 Å². The molecule has 0 atom stereocenters. The highest BCUT2D eigenvalue weighted by molar-refractivity contribution is 9.10. The topological polar surface area (TPSA) is 66.9 Å². The Bertz CT molecular complexity index is 375. The van der Waals surface area contributed by atoms with Gasteiger partial charge in [0.15, 0.2) is 0 Å². The van der Waals surface area contributed by atoms with E-state index in [1.165, 1.54) is 6.33 Å². The number of rotatable bonds is 5. The minimum atomic E-state index is -0.0801. The first-order chi connectivity index (χ1) is 7.65. The lowest BCUT2D eigenvalue weighted by Crippen LogP contribution is -2.30. The standard InChI is InChI=1S/C9H12BrClN4O/c1-2-3-12-6(16)4-13-9-7(10)8(11)14-5-15-9/h5H,2-4H2,1H3,(H,12,16)(H,13,14,15). The molecule has 1 heterocycles. The molecule has 0 aliphatic heterocycles. The Morgan fingerprint density at radius 3 is 3.00 bits per heavy atom. The number of carbonyl (C=O) groups excluding carboxylic acids is 1. The lowest BCUT2D eigenvalue weighted by atomic mass is 10.4. The minimum absolute atomic E-state index is 0.0801. The zero-order valence-electron chi connectivity index (χ0n) is 8.76. The van der Waals surface area contributed by atoms with Gasteiger partial charge >= 0.3 is 0 Å². The molecule has 0 radical (unpaired) electrons. The number of hydrogen-bond acceptors (Lipinski definition) is 4. The number of carbonyl (C=O) groups is 1. The summed E-state index contributed by atoms with van der Waals surface area (Å²) in [6.07, 6.45) is 2.24. The number of hydrogen-bond donors (Lipinski definition) is 2. The van der Waals surface area contributed by atoms with E-state index in [9.17, 15) is 4.79 Å². The van der Waals surface area contributed by atoms with Crippen LogP contribution in [-0.2, 0) is 4.79 Å². The zero-order valence-corrected chi connectivity index (χ0v) is 11.1. The fraction of sp³-hybridized carbons (Fsp3) is 0.444. The van der Waals surface area contributed by atoms with Crippen LogP contribution in [0.1, 0.15) is 13.3 Å². The van der Waals surface area contributed by atoms with Crippen LogP contribution >= 0.6 is 27.5 Å². The maximum absolute atomic E-state index is 11.3. The molecule has 0 fully saturated rings. The summed E-state index contributed by atoms with van der Waals surface area (Å²) in [6, 6.07) is 0. The monoisotopic (exact) mass is 306 g/mol. The van der Waals surface area contributed by atoms with E-state index in [1.807, 2.05) is 6.92 Å². The number of halogens is 2. The average Bonchev–Trinajstić information content (AvgIpc) is 2.28. The molecule has 1 amide bonds. The molecular formula is C9H12BrClN4O. The van der Waals surface area contributed by atoms with Crippen molar-refractivity contribution in [3.8, 4) is 0 Å². The lowest BCUT2D eigenvalue weighted by Gasteiger charge is -2.07. The van der Waals surface area contributed by atoms with Crippen molar-refractivity contribution in [2.45, 2.75) is 13.3 Å². The molecule has 0 aliphatic carbocycles. The maximum Gasteiger partial charge on any atom is 0.239 e. The van der Waals surface area contributed by atoms with E-state index in [4.69, 9.17) is 11.6 Å². The van der Waals surface area contributed by atoms with Crippen molar-refractivity contribution in [1.29, 1.82) is 0 Å². The Morgan fingerprint density at radius 1 is 1.56 bits per heavy atom. The third-order valence-corrected chi connectivity index (χ3v) is 3.00. The summed E-state index contributed by atoms with van der Waals surface area (Å²) in [6.45, 7) is 2.83. The maximum atomic E-state index is 11.3. The van der Waals surface area contributed by atoms with Gasteiger partial charge in [0.2, 0.25) is 5.91 Å².